The summed E-state index contributed by atoms with van der Waals surface area (Å²) in [6.07, 6.45) is -4.70. The number of ether oxygens (including phenoxy) is 1. The number of thiophene rings is 1. The van der Waals surface area contributed by atoms with Crippen molar-refractivity contribution in [2.75, 3.05) is 0 Å². The summed E-state index contributed by atoms with van der Waals surface area (Å²) in [5.74, 6) is 0.757. The van der Waals surface area contributed by atoms with Gasteiger partial charge >= 0.3 is 6.36 Å². The van der Waals surface area contributed by atoms with Crippen molar-refractivity contribution in [2.45, 2.75) is 6.36 Å². The Hall–Kier alpha value is -2.35. The maximum atomic E-state index is 12.1. The number of aromatic amines is 1. The molecule has 0 atom stereocenters. The van der Waals surface area contributed by atoms with Crippen LogP contribution in [0, 0.1) is 0 Å². The van der Waals surface area contributed by atoms with Crippen LogP contribution in [0.5, 0.6) is 5.75 Å². The average molecular weight is 311 g/mol. The quantitative estimate of drug-likeness (QED) is 0.792. The van der Waals surface area contributed by atoms with Crippen LogP contribution in [0.3, 0.4) is 0 Å². The summed E-state index contributed by atoms with van der Waals surface area (Å²) in [4.78, 5) is 5.24. The second kappa shape index (κ2) is 5.21. The SMILES string of the molecule is FC(F)(F)Oc1ccc(-c2n[nH]c(-c3cccs3)n2)cc1. The molecular formula is C13H8F3N3OS. The van der Waals surface area contributed by atoms with E-state index in [1.54, 1.807) is 0 Å². The van der Waals surface area contributed by atoms with E-state index in [2.05, 4.69) is 19.9 Å². The van der Waals surface area contributed by atoms with E-state index >= 15 is 0 Å². The van der Waals surface area contributed by atoms with Crippen molar-refractivity contribution in [2.24, 2.45) is 0 Å². The number of hydrogen-bond acceptors (Lipinski definition) is 4. The average Bonchev–Trinajstić information content (AvgIpc) is 3.09. The Morgan fingerprint density at radius 2 is 1.86 bits per heavy atom. The lowest BCUT2D eigenvalue weighted by Crippen LogP contribution is -2.16. The first kappa shape index (κ1) is 13.6. The largest absolute Gasteiger partial charge is 0.573 e. The Morgan fingerprint density at radius 3 is 2.48 bits per heavy atom. The highest BCUT2D eigenvalue weighted by Gasteiger charge is 2.31. The monoisotopic (exact) mass is 311 g/mol. The number of alkyl halides is 3. The molecule has 0 fully saturated rings. The van der Waals surface area contributed by atoms with Gasteiger partial charge in [-0.2, -0.15) is 5.10 Å². The molecule has 0 radical (unpaired) electrons. The van der Waals surface area contributed by atoms with E-state index in [-0.39, 0.29) is 5.75 Å². The number of rotatable bonds is 3. The molecule has 21 heavy (non-hydrogen) atoms. The van der Waals surface area contributed by atoms with Crippen LogP contribution in [-0.2, 0) is 0 Å². The van der Waals surface area contributed by atoms with Gasteiger partial charge < -0.3 is 4.74 Å². The van der Waals surface area contributed by atoms with Gasteiger partial charge in [-0.15, -0.1) is 24.5 Å². The van der Waals surface area contributed by atoms with Crippen LogP contribution in [0.1, 0.15) is 0 Å². The molecule has 0 unspecified atom stereocenters. The third-order valence-corrected chi connectivity index (χ3v) is 3.46. The standard InChI is InChI=1S/C13H8F3N3OS/c14-13(15,16)20-9-5-3-8(4-6-9)11-17-12(19-18-11)10-2-1-7-21-10/h1-7H,(H,17,18,19). The second-order valence-electron chi connectivity index (χ2n) is 4.06. The summed E-state index contributed by atoms with van der Waals surface area (Å²) in [6.45, 7) is 0. The zero-order valence-corrected chi connectivity index (χ0v) is 11.2. The van der Waals surface area contributed by atoms with Gasteiger partial charge in [-0.1, -0.05) is 6.07 Å². The predicted molar refractivity (Wildman–Crippen MR) is 71.8 cm³/mol. The second-order valence-corrected chi connectivity index (χ2v) is 5.00. The van der Waals surface area contributed by atoms with E-state index in [0.29, 0.717) is 17.2 Å². The van der Waals surface area contributed by atoms with Crippen LogP contribution in [-0.4, -0.2) is 21.5 Å². The topological polar surface area (TPSA) is 50.8 Å². The lowest BCUT2D eigenvalue weighted by molar-refractivity contribution is -0.274. The highest BCUT2D eigenvalue weighted by molar-refractivity contribution is 7.13. The summed E-state index contributed by atoms with van der Waals surface area (Å²) in [5, 5.41) is 8.77. The first-order chi connectivity index (χ1) is 10.0. The molecule has 2 aromatic heterocycles. The number of hydrogen-bond donors (Lipinski definition) is 1. The fourth-order valence-electron chi connectivity index (χ4n) is 1.72. The lowest BCUT2D eigenvalue weighted by atomic mass is 10.2. The minimum Gasteiger partial charge on any atom is -0.406 e. The van der Waals surface area contributed by atoms with E-state index in [1.165, 1.54) is 35.6 Å². The van der Waals surface area contributed by atoms with Crippen molar-refractivity contribution in [3.8, 4) is 27.8 Å². The number of benzene rings is 1. The van der Waals surface area contributed by atoms with Crippen molar-refractivity contribution in [3.63, 3.8) is 0 Å². The van der Waals surface area contributed by atoms with Gasteiger partial charge in [-0.05, 0) is 35.7 Å². The zero-order valence-electron chi connectivity index (χ0n) is 10.4. The summed E-state index contributed by atoms with van der Waals surface area (Å²) >= 11 is 1.51. The minimum absolute atomic E-state index is 0.278. The van der Waals surface area contributed by atoms with Crippen LogP contribution in [0.2, 0.25) is 0 Å². The molecule has 0 aliphatic carbocycles. The molecule has 4 nitrogen and oxygen atoms in total. The summed E-state index contributed by atoms with van der Waals surface area (Å²) in [5.41, 5.74) is 0.601. The van der Waals surface area contributed by atoms with Gasteiger partial charge in [0.2, 0.25) is 0 Å². The molecule has 0 saturated heterocycles. The Labute approximate surface area is 121 Å². The number of nitrogens with zero attached hydrogens (tertiary/aromatic N) is 2. The van der Waals surface area contributed by atoms with Crippen LogP contribution in [0.15, 0.2) is 41.8 Å². The van der Waals surface area contributed by atoms with Gasteiger partial charge in [0, 0.05) is 5.56 Å². The molecule has 0 spiro atoms. The molecule has 0 aliphatic rings. The Kier molecular flexibility index (Phi) is 3.38. The minimum atomic E-state index is -4.70. The Balaban J connectivity index is 1.81. The van der Waals surface area contributed by atoms with Gasteiger partial charge in [0.25, 0.3) is 0 Å². The molecule has 0 saturated carbocycles. The summed E-state index contributed by atoms with van der Waals surface area (Å²) in [6, 6.07) is 9.19. The van der Waals surface area contributed by atoms with Gasteiger partial charge in [0.15, 0.2) is 11.6 Å². The number of nitrogens with one attached hydrogen (secondary N) is 1. The zero-order chi connectivity index (χ0) is 14.9. The number of aromatic nitrogens is 3. The maximum absolute atomic E-state index is 12.1. The fourth-order valence-corrected chi connectivity index (χ4v) is 2.38. The van der Waals surface area contributed by atoms with Crippen molar-refractivity contribution in [3.05, 3.63) is 41.8 Å². The lowest BCUT2D eigenvalue weighted by Gasteiger charge is -2.08. The molecule has 0 aliphatic heterocycles. The van der Waals surface area contributed by atoms with Crippen molar-refractivity contribution >= 4 is 11.3 Å². The maximum Gasteiger partial charge on any atom is 0.573 e. The highest BCUT2D eigenvalue weighted by Crippen LogP contribution is 2.27. The fraction of sp³-hybridized carbons (Fsp3) is 0.0769. The Morgan fingerprint density at radius 1 is 1.10 bits per heavy atom. The van der Waals surface area contributed by atoms with Gasteiger partial charge in [-0.25, -0.2) is 4.98 Å². The van der Waals surface area contributed by atoms with Crippen molar-refractivity contribution in [1.29, 1.82) is 0 Å². The molecule has 0 bridgehead atoms. The van der Waals surface area contributed by atoms with Crippen LogP contribution >= 0.6 is 11.3 Å². The van der Waals surface area contributed by atoms with Gasteiger partial charge in [-0.3, -0.25) is 5.10 Å². The van der Waals surface area contributed by atoms with Gasteiger partial charge in [0.1, 0.15) is 5.75 Å². The number of H-pyrrole nitrogens is 1. The summed E-state index contributed by atoms with van der Waals surface area (Å²) in [7, 11) is 0. The summed E-state index contributed by atoms with van der Waals surface area (Å²) < 4.78 is 40.0. The predicted octanol–water partition coefficient (Wildman–Crippen LogP) is 4.10. The molecule has 2 heterocycles. The first-order valence-corrected chi connectivity index (χ1v) is 6.72. The molecule has 8 heteroatoms. The molecule has 108 valence electrons. The van der Waals surface area contributed by atoms with Crippen molar-refractivity contribution < 1.29 is 17.9 Å². The Bertz CT molecular complexity index is 720. The first-order valence-electron chi connectivity index (χ1n) is 5.84. The molecule has 1 aromatic carbocycles. The molecule has 1 N–H and O–H groups in total. The molecule has 0 amide bonds. The van der Waals surface area contributed by atoms with Crippen LogP contribution in [0.4, 0.5) is 13.2 Å². The highest BCUT2D eigenvalue weighted by atomic mass is 32.1. The molecular weight excluding hydrogens is 303 g/mol. The number of halogens is 3. The van der Waals surface area contributed by atoms with Gasteiger partial charge in [0.05, 0.1) is 4.88 Å². The van der Waals surface area contributed by atoms with Crippen LogP contribution < -0.4 is 4.74 Å². The third kappa shape index (κ3) is 3.22. The van der Waals surface area contributed by atoms with Crippen molar-refractivity contribution in [1.82, 2.24) is 15.2 Å². The normalized spacial score (nSPS) is 11.6. The van der Waals surface area contributed by atoms with E-state index in [4.69, 9.17) is 0 Å². The van der Waals surface area contributed by atoms with E-state index in [9.17, 15) is 13.2 Å². The molecule has 3 aromatic rings. The van der Waals surface area contributed by atoms with E-state index in [0.717, 1.165) is 4.88 Å². The van der Waals surface area contributed by atoms with Crippen LogP contribution in [0.25, 0.3) is 22.1 Å². The molecule has 3 rings (SSSR count). The smallest absolute Gasteiger partial charge is 0.406 e. The van der Waals surface area contributed by atoms with E-state index < -0.39 is 6.36 Å². The van der Waals surface area contributed by atoms with E-state index in [1.807, 2.05) is 17.5 Å². The third-order valence-electron chi connectivity index (χ3n) is 2.59.